The molecule has 7 nitrogen and oxygen atoms in total. The first-order chi connectivity index (χ1) is 15.2. The van der Waals surface area contributed by atoms with Crippen molar-refractivity contribution in [2.45, 2.75) is 19.0 Å². The molecule has 1 atom stereocenters. The van der Waals surface area contributed by atoms with Crippen molar-refractivity contribution in [2.75, 3.05) is 25.0 Å². The summed E-state index contributed by atoms with van der Waals surface area (Å²) in [7, 11) is 0. The van der Waals surface area contributed by atoms with E-state index in [1.54, 1.807) is 0 Å². The zero-order valence-electron chi connectivity index (χ0n) is 17.0. The molecule has 2 aromatic carbocycles. The van der Waals surface area contributed by atoms with E-state index in [1.165, 1.54) is 35.2 Å². The van der Waals surface area contributed by atoms with Crippen molar-refractivity contribution in [1.29, 1.82) is 5.26 Å². The number of carbonyl (C=O) groups is 2. The maximum atomic E-state index is 15.2. The number of hydrogen-bond donors (Lipinski definition) is 2. The van der Waals surface area contributed by atoms with Crippen molar-refractivity contribution < 1.29 is 23.1 Å². The van der Waals surface area contributed by atoms with Crippen LogP contribution in [0.1, 0.15) is 24.6 Å². The van der Waals surface area contributed by atoms with Gasteiger partial charge in [0.25, 0.3) is 5.91 Å². The summed E-state index contributed by atoms with van der Waals surface area (Å²) in [6.07, 6.45) is -1.34. The molecule has 0 spiro atoms. The number of alkyl halides is 1. The molecule has 10 heteroatoms. The Balaban J connectivity index is 1.61. The number of ether oxygens (including phenoxy) is 1. The van der Waals surface area contributed by atoms with Gasteiger partial charge in [-0.2, -0.15) is 5.26 Å². The van der Waals surface area contributed by atoms with Gasteiger partial charge in [0.15, 0.2) is 6.61 Å². The van der Waals surface area contributed by atoms with Crippen molar-refractivity contribution in [1.82, 2.24) is 4.90 Å². The van der Waals surface area contributed by atoms with E-state index in [4.69, 9.17) is 22.1 Å². The van der Waals surface area contributed by atoms with Crippen LogP contribution in [0, 0.1) is 22.6 Å². The summed E-state index contributed by atoms with van der Waals surface area (Å²) < 4.78 is 33.8. The van der Waals surface area contributed by atoms with E-state index in [1.807, 2.05) is 0 Å². The molecular weight excluding hydrogens is 442 g/mol. The molecule has 1 heterocycles. The molecule has 168 valence electrons. The second-order valence-corrected chi connectivity index (χ2v) is 7.92. The van der Waals surface area contributed by atoms with Crippen LogP contribution in [0.15, 0.2) is 42.5 Å². The van der Waals surface area contributed by atoms with Gasteiger partial charge in [0.1, 0.15) is 17.7 Å². The number of likely N-dealkylation sites (tertiary alicyclic amines) is 1. The fraction of sp³-hybridized carbons (Fsp3) is 0.318. The number of nitriles is 1. The number of hydrogen-bond acceptors (Lipinski definition) is 4. The maximum absolute atomic E-state index is 15.2. The van der Waals surface area contributed by atoms with Gasteiger partial charge in [0.05, 0.1) is 17.2 Å². The summed E-state index contributed by atoms with van der Waals surface area (Å²) in [5.41, 5.74) is 4.28. The lowest BCUT2D eigenvalue weighted by molar-refractivity contribution is -0.135. The van der Waals surface area contributed by atoms with Gasteiger partial charge >= 0.3 is 6.03 Å². The van der Waals surface area contributed by atoms with E-state index < -0.39 is 23.4 Å². The predicted octanol–water partition coefficient (Wildman–Crippen LogP) is 4.19. The number of primary amides is 1. The second kappa shape index (κ2) is 9.83. The Labute approximate surface area is 188 Å². The fourth-order valence-electron chi connectivity index (χ4n) is 3.62. The largest absolute Gasteiger partial charge is 0.482 e. The fourth-order valence-corrected chi connectivity index (χ4v) is 3.79. The minimum Gasteiger partial charge on any atom is -0.482 e. The number of piperidine rings is 1. The van der Waals surface area contributed by atoms with E-state index in [0.717, 1.165) is 12.1 Å². The highest BCUT2D eigenvalue weighted by atomic mass is 35.5. The molecule has 1 aliphatic heterocycles. The molecule has 1 fully saturated rings. The van der Waals surface area contributed by atoms with Crippen molar-refractivity contribution in [3.63, 3.8) is 0 Å². The molecule has 0 aromatic heterocycles. The molecule has 1 aliphatic rings. The van der Waals surface area contributed by atoms with Crippen molar-refractivity contribution >= 4 is 29.2 Å². The van der Waals surface area contributed by atoms with Gasteiger partial charge in [-0.1, -0.05) is 23.7 Å². The Morgan fingerprint density at radius 3 is 2.50 bits per heavy atom. The average molecular weight is 463 g/mol. The summed E-state index contributed by atoms with van der Waals surface area (Å²) >= 11 is 5.90. The highest BCUT2D eigenvalue weighted by molar-refractivity contribution is 6.31. The molecule has 3 N–H and O–H groups in total. The first-order valence-corrected chi connectivity index (χ1v) is 10.2. The molecule has 0 aliphatic carbocycles. The van der Waals surface area contributed by atoms with E-state index in [-0.39, 0.29) is 55.4 Å². The summed E-state index contributed by atoms with van der Waals surface area (Å²) in [6, 6.07) is 10.7. The summed E-state index contributed by atoms with van der Waals surface area (Å²) in [6.45, 7) is 0.0143. The van der Waals surface area contributed by atoms with Gasteiger partial charge in [0, 0.05) is 18.1 Å². The molecule has 1 unspecified atom stereocenters. The van der Waals surface area contributed by atoms with Gasteiger partial charge in [-0.15, -0.1) is 0 Å². The van der Waals surface area contributed by atoms with Crippen LogP contribution in [0.3, 0.4) is 0 Å². The first kappa shape index (κ1) is 23.3. The number of halogens is 3. The number of benzene rings is 2. The van der Waals surface area contributed by atoms with Gasteiger partial charge in [-0.3, -0.25) is 4.79 Å². The Morgan fingerprint density at radius 2 is 1.91 bits per heavy atom. The van der Waals surface area contributed by atoms with Crippen LogP contribution < -0.4 is 15.8 Å². The molecule has 1 saturated heterocycles. The van der Waals surface area contributed by atoms with Crippen LogP contribution >= 0.6 is 11.6 Å². The molecule has 2 aromatic rings. The summed E-state index contributed by atoms with van der Waals surface area (Å²) in [5, 5.41) is 12.4. The molecule has 0 bridgehead atoms. The monoisotopic (exact) mass is 462 g/mol. The SMILES string of the molecule is N#CC1(C(F)c2ccc(F)cc2)CCN(C(=O)COc2ccc(Cl)cc2NC(N)=O)CC1. The third-order valence-electron chi connectivity index (χ3n) is 5.43. The van der Waals surface area contributed by atoms with E-state index in [9.17, 15) is 19.2 Å². The number of urea groups is 1. The number of carbonyl (C=O) groups excluding carboxylic acids is 2. The van der Waals surface area contributed by atoms with Crippen molar-refractivity contribution in [3.05, 3.63) is 58.9 Å². The van der Waals surface area contributed by atoms with Crippen molar-refractivity contribution in [3.8, 4) is 11.8 Å². The zero-order chi connectivity index (χ0) is 23.3. The van der Waals surface area contributed by atoms with Gasteiger partial charge in [0.2, 0.25) is 0 Å². The van der Waals surface area contributed by atoms with Crippen LogP contribution in [0.2, 0.25) is 5.02 Å². The number of amides is 3. The number of nitrogens with two attached hydrogens (primary N) is 1. The minimum absolute atomic E-state index is 0.128. The lowest BCUT2D eigenvalue weighted by Gasteiger charge is -2.39. The van der Waals surface area contributed by atoms with Crippen LogP contribution in [0.5, 0.6) is 5.75 Å². The quantitative estimate of drug-likeness (QED) is 0.670. The van der Waals surface area contributed by atoms with Crippen LogP contribution in [0.25, 0.3) is 0 Å². The molecule has 0 radical (unpaired) electrons. The second-order valence-electron chi connectivity index (χ2n) is 7.48. The van der Waals surface area contributed by atoms with Gasteiger partial charge in [-0.25, -0.2) is 13.6 Å². The predicted molar refractivity (Wildman–Crippen MR) is 114 cm³/mol. The maximum Gasteiger partial charge on any atom is 0.316 e. The third kappa shape index (κ3) is 5.26. The Bertz CT molecular complexity index is 1030. The minimum atomic E-state index is -1.60. The number of anilines is 1. The zero-order valence-corrected chi connectivity index (χ0v) is 17.7. The normalized spacial score (nSPS) is 16.0. The molecule has 3 amide bonds. The molecule has 3 rings (SSSR count). The van der Waals surface area contributed by atoms with Crippen molar-refractivity contribution in [2.24, 2.45) is 11.1 Å². The Kier molecular flexibility index (Phi) is 7.15. The topological polar surface area (TPSA) is 108 Å². The smallest absolute Gasteiger partial charge is 0.316 e. The van der Waals surface area contributed by atoms with Crippen LogP contribution in [0.4, 0.5) is 19.3 Å². The Morgan fingerprint density at radius 1 is 1.25 bits per heavy atom. The number of rotatable bonds is 6. The van der Waals surface area contributed by atoms with Gasteiger partial charge < -0.3 is 20.7 Å². The van der Waals surface area contributed by atoms with E-state index >= 15 is 4.39 Å². The van der Waals surface area contributed by atoms with Crippen LogP contribution in [-0.4, -0.2) is 36.5 Å². The van der Waals surface area contributed by atoms with Crippen LogP contribution in [-0.2, 0) is 4.79 Å². The highest BCUT2D eigenvalue weighted by Crippen LogP contribution is 2.45. The third-order valence-corrected chi connectivity index (χ3v) is 5.66. The lowest BCUT2D eigenvalue weighted by atomic mass is 9.73. The lowest BCUT2D eigenvalue weighted by Crippen LogP contribution is -2.46. The summed E-state index contributed by atoms with van der Waals surface area (Å²) in [4.78, 5) is 25.2. The van der Waals surface area contributed by atoms with Gasteiger partial charge in [-0.05, 0) is 48.7 Å². The van der Waals surface area contributed by atoms with E-state index in [2.05, 4.69) is 11.4 Å². The highest BCUT2D eigenvalue weighted by Gasteiger charge is 2.44. The average Bonchev–Trinajstić information content (AvgIpc) is 2.78. The van der Waals surface area contributed by atoms with E-state index in [0.29, 0.717) is 5.02 Å². The molecular formula is C22H21ClF2N4O3. The molecule has 32 heavy (non-hydrogen) atoms. The standard InChI is InChI=1S/C22H21ClF2N4O3/c23-15-3-6-18(17(11-15)28-21(27)31)32-12-19(30)29-9-7-22(13-26,8-10-29)20(25)14-1-4-16(24)5-2-14/h1-6,11,20H,7-10,12H2,(H3,27,28,31). The Hall–Kier alpha value is -3.38. The number of nitrogens with zero attached hydrogens (tertiary/aromatic N) is 2. The number of nitrogens with one attached hydrogen (secondary N) is 1. The first-order valence-electron chi connectivity index (χ1n) is 9.81. The molecule has 0 saturated carbocycles. The summed E-state index contributed by atoms with van der Waals surface area (Å²) in [5.74, 6) is -0.624.